The van der Waals surface area contributed by atoms with E-state index in [2.05, 4.69) is 26.6 Å². The first-order valence-electron chi connectivity index (χ1n) is 5.73. The summed E-state index contributed by atoms with van der Waals surface area (Å²) in [5, 5.41) is 6.08. The van der Waals surface area contributed by atoms with E-state index in [0.717, 1.165) is 15.7 Å². The molecule has 0 aliphatic rings. The van der Waals surface area contributed by atoms with Crippen LogP contribution in [-0.4, -0.2) is 18.0 Å². The van der Waals surface area contributed by atoms with Crippen LogP contribution in [0.3, 0.4) is 0 Å². The molecule has 0 fully saturated rings. The summed E-state index contributed by atoms with van der Waals surface area (Å²) >= 11 is 3.46. The van der Waals surface area contributed by atoms with Crippen molar-refractivity contribution in [2.24, 2.45) is 0 Å². The van der Waals surface area contributed by atoms with Crippen LogP contribution in [0.1, 0.15) is 26.3 Å². The second kappa shape index (κ2) is 6.05. The zero-order valence-electron chi connectivity index (χ0n) is 10.7. The van der Waals surface area contributed by atoms with Gasteiger partial charge in [0.2, 0.25) is 5.91 Å². The fourth-order valence-corrected chi connectivity index (χ4v) is 1.82. The molecule has 0 radical (unpaired) electrons. The number of carbonyl (C=O) groups is 1. The Hall–Kier alpha value is -1.03. The third kappa shape index (κ3) is 4.38. The summed E-state index contributed by atoms with van der Waals surface area (Å²) in [4.78, 5) is 11.8. The largest absolute Gasteiger partial charge is 0.373 e. The summed E-state index contributed by atoms with van der Waals surface area (Å²) in [7, 11) is 0. The van der Waals surface area contributed by atoms with Gasteiger partial charge in [0.15, 0.2) is 0 Å². The Balaban J connectivity index is 2.70. The molecule has 0 saturated carbocycles. The smallest absolute Gasteiger partial charge is 0.242 e. The van der Waals surface area contributed by atoms with Gasteiger partial charge in [0, 0.05) is 16.2 Å². The van der Waals surface area contributed by atoms with Gasteiger partial charge in [-0.2, -0.15) is 0 Å². The van der Waals surface area contributed by atoms with Gasteiger partial charge in [-0.25, -0.2) is 0 Å². The van der Waals surface area contributed by atoms with Gasteiger partial charge in [-0.3, -0.25) is 4.79 Å². The predicted molar refractivity (Wildman–Crippen MR) is 75.2 cm³/mol. The Bertz CT molecular complexity index is 404. The summed E-state index contributed by atoms with van der Waals surface area (Å²) in [5.74, 6) is 0.00778. The molecule has 0 aromatic heterocycles. The number of carbonyl (C=O) groups excluding carboxylic acids is 1. The molecule has 4 heteroatoms. The molecule has 1 aromatic carbocycles. The van der Waals surface area contributed by atoms with Crippen molar-refractivity contribution >= 4 is 27.5 Å². The van der Waals surface area contributed by atoms with E-state index < -0.39 is 0 Å². The van der Waals surface area contributed by atoms with Crippen LogP contribution in [0.4, 0.5) is 5.69 Å². The van der Waals surface area contributed by atoms with Crippen LogP contribution < -0.4 is 10.6 Å². The number of aryl methyl sites for hydroxylation is 1. The number of halogens is 1. The van der Waals surface area contributed by atoms with Crippen LogP contribution in [0, 0.1) is 6.92 Å². The Morgan fingerprint density at radius 1 is 1.29 bits per heavy atom. The Kier molecular flexibility index (Phi) is 5.00. The van der Waals surface area contributed by atoms with Crippen LogP contribution in [0.5, 0.6) is 0 Å². The van der Waals surface area contributed by atoms with Crippen LogP contribution in [0.2, 0.25) is 0 Å². The molecule has 1 rings (SSSR count). The maximum atomic E-state index is 11.8. The van der Waals surface area contributed by atoms with Crippen LogP contribution in [0.15, 0.2) is 22.7 Å². The number of anilines is 1. The summed E-state index contributed by atoms with van der Waals surface area (Å²) in [6.07, 6.45) is 0. The average Bonchev–Trinajstić information content (AvgIpc) is 2.22. The molecule has 1 amide bonds. The predicted octanol–water partition coefficient (Wildman–Crippen LogP) is 3.08. The molecule has 0 heterocycles. The molecule has 3 nitrogen and oxygen atoms in total. The van der Waals surface area contributed by atoms with E-state index in [9.17, 15) is 4.79 Å². The third-order valence-corrected chi connectivity index (χ3v) is 3.01. The Morgan fingerprint density at radius 2 is 1.94 bits per heavy atom. The second-order valence-electron chi connectivity index (χ2n) is 4.51. The van der Waals surface area contributed by atoms with Gasteiger partial charge >= 0.3 is 0 Å². The minimum atomic E-state index is -0.254. The normalized spacial score (nSPS) is 12.4. The molecule has 1 unspecified atom stereocenters. The highest BCUT2D eigenvalue weighted by molar-refractivity contribution is 9.10. The van der Waals surface area contributed by atoms with E-state index in [1.807, 2.05) is 45.9 Å². The van der Waals surface area contributed by atoms with Gasteiger partial charge in [-0.05, 0) is 61.3 Å². The Labute approximate surface area is 111 Å². The van der Waals surface area contributed by atoms with Crippen molar-refractivity contribution in [1.82, 2.24) is 5.32 Å². The minimum absolute atomic E-state index is 0.00778. The monoisotopic (exact) mass is 298 g/mol. The van der Waals surface area contributed by atoms with E-state index in [1.165, 1.54) is 0 Å². The molecule has 0 saturated heterocycles. The lowest BCUT2D eigenvalue weighted by atomic mass is 10.2. The van der Waals surface area contributed by atoms with Crippen molar-refractivity contribution in [3.63, 3.8) is 0 Å². The van der Waals surface area contributed by atoms with E-state index in [4.69, 9.17) is 0 Å². The SMILES string of the molecule is Cc1ccc(Br)c(NC(C)C(=O)NC(C)C)c1. The maximum absolute atomic E-state index is 11.8. The van der Waals surface area contributed by atoms with Gasteiger partial charge in [-0.1, -0.05) is 6.07 Å². The van der Waals surface area contributed by atoms with Crippen molar-refractivity contribution in [2.75, 3.05) is 5.32 Å². The van der Waals surface area contributed by atoms with Crippen LogP contribution >= 0.6 is 15.9 Å². The number of rotatable bonds is 4. The lowest BCUT2D eigenvalue weighted by molar-refractivity contribution is -0.122. The number of nitrogens with one attached hydrogen (secondary N) is 2. The molecule has 0 aliphatic heterocycles. The fraction of sp³-hybridized carbons (Fsp3) is 0.462. The van der Waals surface area contributed by atoms with E-state index in [-0.39, 0.29) is 18.0 Å². The van der Waals surface area contributed by atoms with Crippen LogP contribution in [-0.2, 0) is 4.79 Å². The van der Waals surface area contributed by atoms with Crippen LogP contribution in [0.25, 0.3) is 0 Å². The first kappa shape index (κ1) is 14.0. The second-order valence-corrected chi connectivity index (χ2v) is 5.37. The van der Waals surface area contributed by atoms with Gasteiger partial charge in [0.25, 0.3) is 0 Å². The molecule has 0 aliphatic carbocycles. The molecule has 0 spiro atoms. The highest BCUT2D eigenvalue weighted by atomic mass is 79.9. The summed E-state index contributed by atoms with van der Waals surface area (Å²) in [6, 6.07) is 5.92. The third-order valence-electron chi connectivity index (χ3n) is 2.32. The minimum Gasteiger partial charge on any atom is -0.373 e. The van der Waals surface area contributed by atoms with E-state index >= 15 is 0 Å². The first-order chi connectivity index (χ1) is 7.90. The molecule has 1 aromatic rings. The van der Waals surface area contributed by atoms with Gasteiger partial charge < -0.3 is 10.6 Å². The molecule has 94 valence electrons. The number of benzene rings is 1. The molecule has 2 N–H and O–H groups in total. The van der Waals surface area contributed by atoms with Gasteiger partial charge in [-0.15, -0.1) is 0 Å². The summed E-state index contributed by atoms with van der Waals surface area (Å²) in [6.45, 7) is 7.78. The molecular formula is C13H19BrN2O. The molecular weight excluding hydrogens is 280 g/mol. The lowest BCUT2D eigenvalue weighted by Gasteiger charge is -2.18. The van der Waals surface area contributed by atoms with Crippen molar-refractivity contribution in [2.45, 2.75) is 39.8 Å². The quantitative estimate of drug-likeness (QED) is 0.897. The van der Waals surface area contributed by atoms with Gasteiger partial charge in [0.1, 0.15) is 6.04 Å². The zero-order valence-corrected chi connectivity index (χ0v) is 12.3. The van der Waals surface area contributed by atoms with Crippen molar-refractivity contribution in [3.05, 3.63) is 28.2 Å². The van der Waals surface area contributed by atoms with E-state index in [0.29, 0.717) is 0 Å². The first-order valence-corrected chi connectivity index (χ1v) is 6.52. The number of hydrogen-bond donors (Lipinski definition) is 2. The average molecular weight is 299 g/mol. The molecule has 1 atom stereocenters. The van der Waals surface area contributed by atoms with Gasteiger partial charge in [0.05, 0.1) is 0 Å². The maximum Gasteiger partial charge on any atom is 0.242 e. The van der Waals surface area contributed by atoms with Crippen molar-refractivity contribution in [3.8, 4) is 0 Å². The highest BCUT2D eigenvalue weighted by Gasteiger charge is 2.14. The number of hydrogen-bond acceptors (Lipinski definition) is 2. The topological polar surface area (TPSA) is 41.1 Å². The lowest BCUT2D eigenvalue weighted by Crippen LogP contribution is -2.41. The standard InChI is InChI=1S/C13H19BrN2O/c1-8(2)15-13(17)10(4)16-12-7-9(3)5-6-11(12)14/h5-8,10,16H,1-4H3,(H,15,17). The summed E-state index contributed by atoms with van der Waals surface area (Å²) < 4.78 is 0.965. The molecule has 0 bridgehead atoms. The summed E-state index contributed by atoms with van der Waals surface area (Å²) in [5.41, 5.74) is 2.10. The molecule has 17 heavy (non-hydrogen) atoms. The van der Waals surface area contributed by atoms with E-state index in [1.54, 1.807) is 0 Å². The number of amides is 1. The zero-order chi connectivity index (χ0) is 13.0. The fourth-order valence-electron chi connectivity index (χ4n) is 1.46. The van der Waals surface area contributed by atoms with Crippen molar-refractivity contribution in [1.29, 1.82) is 0 Å². The van der Waals surface area contributed by atoms with Crippen molar-refractivity contribution < 1.29 is 4.79 Å². The highest BCUT2D eigenvalue weighted by Crippen LogP contribution is 2.23. The Morgan fingerprint density at radius 3 is 2.53 bits per heavy atom.